The molecule has 2 saturated heterocycles. The summed E-state index contributed by atoms with van der Waals surface area (Å²) in [4.78, 5) is 36.4. The van der Waals surface area contributed by atoms with E-state index >= 15 is 0 Å². The number of nitrogens with zero attached hydrogens (tertiary/aromatic N) is 3. The second kappa shape index (κ2) is 8.47. The maximum atomic E-state index is 13.6. The van der Waals surface area contributed by atoms with E-state index in [1.54, 1.807) is 18.0 Å². The van der Waals surface area contributed by atoms with E-state index in [2.05, 4.69) is 20.6 Å². The first kappa shape index (κ1) is 22.2. The Balaban J connectivity index is 1.42. The van der Waals surface area contributed by atoms with E-state index in [9.17, 15) is 23.5 Å². The van der Waals surface area contributed by atoms with Crippen molar-refractivity contribution in [1.29, 1.82) is 0 Å². The van der Waals surface area contributed by atoms with Gasteiger partial charge in [-0.25, -0.2) is 13.8 Å². The number of amides is 2. The zero-order valence-electron chi connectivity index (χ0n) is 17.9. The normalized spacial score (nSPS) is 25.8. The van der Waals surface area contributed by atoms with Gasteiger partial charge in [0.15, 0.2) is 6.35 Å². The highest BCUT2D eigenvalue weighted by Gasteiger charge is 2.49. The van der Waals surface area contributed by atoms with E-state index in [0.29, 0.717) is 36.8 Å². The number of aliphatic hydroxyl groups is 1. The lowest BCUT2D eigenvalue weighted by Gasteiger charge is -2.41. The smallest absolute Gasteiger partial charge is 0.249 e. The van der Waals surface area contributed by atoms with Crippen LogP contribution in [0, 0.1) is 18.6 Å². The highest BCUT2D eigenvalue weighted by molar-refractivity contribution is 5.90. The van der Waals surface area contributed by atoms with E-state index in [1.807, 2.05) is 11.8 Å². The van der Waals surface area contributed by atoms with Gasteiger partial charge in [0, 0.05) is 50.0 Å². The maximum Gasteiger partial charge on any atom is 0.249 e. The van der Waals surface area contributed by atoms with Crippen molar-refractivity contribution < 1.29 is 23.5 Å². The molecule has 4 rings (SSSR count). The van der Waals surface area contributed by atoms with E-state index in [0.717, 1.165) is 6.07 Å². The lowest BCUT2D eigenvalue weighted by molar-refractivity contribution is -0.133. The van der Waals surface area contributed by atoms with Crippen LogP contribution in [0.2, 0.25) is 0 Å². The van der Waals surface area contributed by atoms with Gasteiger partial charge < -0.3 is 25.2 Å². The number of piperazine rings is 1. The number of hydrogen-bond donors (Lipinski definition) is 4. The molecule has 1 aromatic heterocycles. The van der Waals surface area contributed by atoms with E-state index in [1.165, 1.54) is 12.1 Å². The second-order valence-electron chi connectivity index (χ2n) is 8.31. The molecular weight excluding hydrogens is 422 g/mol. The number of nitrogens with one attached hydrogen (secondary N) is 3. The van der Waals surface area contributed by atoms with Gasteiger partial charge in [-0.2, -0.15) is 0 Å². The number of rotatable bonds is 5. The lowest BCUT2D eigenvalue weighted by atomic mass is 9.89. The Bertz CT molecular complexity index is 1010. The van der Waals surface area contributed by atoms with Crippen LogP contribution < -0.4 is 15.5 Å². The van der Waals surface area contributed by atoms with Crippen LogP contribution in [-0.2, 0) is 15.1 Å². The number of aliphatic hydroxyl groups excluding tert-OH is 1. The van der Waals surface area contributed by atoms with Crippen LogP contribution >= 0.6 is 0 Å². The van der Waals surface area contributed by atoms with E-state index < -0.39 is 29.4 Å². The summed E-state index contributed by atoms with van der Waals surface area (Å²) in [5.41, 5.74) is -0.467. The molecule has 2 fully saturated rings. The van der Waals surface area contributed by atoms with Crippen molar-refractivity contribution in [2.75, 3.05) is 24.5 Å². The van der Waals surface area contributed by atoms with E-state index in [-0.39, 0.29) is 24.8 Å². The third-order valence-electron chi connectivity index (χ3n) is 6.05. The third-order valence-corrected chi connectivity index (χ3v) is 6.05. The third kappa shape index (κ3) is 4.17. The molecule has 0 aliphatic carbocycles. The lowest BCUT2D eigenvalue weighted by Crippen LogP contribution is -2.54. The molecule has 0 radical (unpaired) electrons. The predicted molar refractivity (Wildman–Crippen MR) is 111 cm³/mol. The first-order valence-corrected chi connectivity index (χ1v) is 10.5. The van der Waals surface area contributed by atoms with Gasteiger partial charge >= 0.3 is 0 Å². The van der Waals surface area contributed by atoms with Crippen molar-refractivity contribution in [2.45, 2.75) is 44.6 Å². The van der Waals surface area contributed by atoms with Gasteiger partial charge in [0.2, 0.25) is 11.8 Å². The summed E-state index contributed by atoms with van der Waals surface area (Å²) >= 11 is 0. The van der Waals surface area contributed by atoms with Crippen LogP contribution in [0.3, 0.4) is 0 Å². The van der Waals surface area contributed by atoms with Gasteiger partial charge in [-0.05, 0) is 32.4 Å². The molecule has 9 nitrogen and oxygen atoms in total. The number of halogens is 2. The summed E-state index contributed by atoms with van der Waals surface area (Å²) in [5, 5.41) is 15.1. The topological polar surface area (TPSA) is 114 Å². The van der Waals surface area contributed by atoms with Crippen LogP contribution in [0.25, 0.3) is 0 Å². The van der Waals surface area contributed by atoms with Crippen molar-refractivity contribution in [3.05, 3.63) is 47.5 Å². The van der Waals surface area contributed by atoms with Crippen LogP contribution in [0.4, 0.5) is 14.5 Å². The van der Waals surface area contributed by atoms with Gasteiger partial charge in [-0.15, -0.1) is 0 Å². The first-order valence-electron chi connectivity index (χ1n) is 10.5. The Hall–Kier alpha value is -3.05. The highest BCUT2D eigenvalue weighted by atomic mass is 19.1. The molecule has 0 bridgehead atoms. The van der Waals surface area contributed by atoms with Crippen molar-refractivity contribution in [1.82, 2.24) is 25.5 Å². The molecular formula is C21H26F2N6O3. The molecule has 172 valence electrons. The van der Waals surface area contributed by atoms with Crippen LogP contribution in [-0.4, -0.2) is 63.8 Å². The second-order valence-corrected chi connectivity index (χ2v) is 8.31. The molecule has 3 atom stereocenters. The maximum absolute atomic E-state index is 13.6. The molecule has 2 unspecified atom stereocenters. The number of hydrogen-bond acceptors (Lipinski definition) is 6. The number of aromatic nitrogens is 2. The Kier molecular flexibility index (Phi) is 5.87. The number of anilines is 1. The minimum absolute atomic E-state index is 0.0559. The van der Waals surface area contributed by atoms with Crippen LogP contribution in [0.5, 0.6) is 0 Å². The Morgan fingerprint density at radius 2 is 2.00 bits per heavy atom. The van der Waals surface area contributed by atoms with Crippen molar-refractivity contribution in [3.63, 3.8) is 0 Å². The van der Waals surface area contributed by atoms with Crippen molar-refractivity contribution >= 4 is 17.5 Å². The van der Waals surface area contributed by atoms with Gasteiger partial charge in [0.1, 0.15) is 23.0 Å². The van der Waals surface area contributed by atoms with Crippen molar-refractivity contribution in [2.24, 2.45) is 0 Å². The number of aryl methyl sites for hydroxylation is 1. The van der Waals surface area contributed by atoms with Gasteiger partial charge in [-0.1, -0.05) is 0 Å². The summed E-state index contributed by atoms with van der Waals surface area (Å²) < 4.78 is 27.2. The average Bonchev–Trinajstić information content (AvgIpc) is 3.28. The fourth-order valence-corrected chi connectivity index (χ4v) is 4.45. The first-order chi connectivity index (χ1) is 15.2. The summed E-state index contributed by atoms with van der Waals surface area (Å²) in [7, 11) is 0. The molecule has 0 spiro atoms. The summed E-state index contributed by atoms with van der Waals surface area (Å²) in [6.45, 7) is 4.83. The number of benzene rings is 1. The molecule has 0 saturated carbocycles. The molecule has 11 heteroatoms. The molecule has 4 N–H and O–H groups in total. The van der Waals surface area contributed by atoms with Crippen LogP contribution in [0.1, 0.15) is 31.3 Å². The molecule has 2 aliphatic heterocycles. The number of aromatic amines is 1. The van der Waals surface area contributed by atoms with Crippen LogP contribution in [0.15, 0.2) is 24.4 Å². The Morgan fingerprint density at radius 3 is 2.56 bits per heavy atom. The number of carbonyl (C=O) groups is 2. The van der Waals surface area contributed by atoms with E-state index in [4.69, 9.17) is 0 Å². The zero-order chi connectivity index (χ0) is 23.0. The number of H-pyrrole nitrogens is 1. The average molecular weight is 448 g/mol. The zero-order valence-corrected chi connectivity index (χ0v) is 17.9. The Morgan fingerprint density at radius 1 is 1.28 bits per heavy atom. The summed E-state index contributed by atoms with van der Waals surface area (Å²) in [5.74, 6) is -1.27. The standard InChI is InChI=1S/C21H26F2N6O3/c1-12-11-28(5-6-29(12)16-8-14(22)7-15(23)9-16)18(30)3-4-21(17-10-24-13(2)25-17)19(31)26-20(32)27-21/h7-10,12,20,27,32H,3-6,11H2,1-2H3,(H,24,25)(H,26,31)/t12-,20?,21?/m0/s1. The molecule has 3 heterocycles. The number of imidazole rings is 1. The Labute approximate surface area is 183 Å². The summed E-state index contributed by atoms with van der Waals surface area (Å²) in [6, 6.07) is 3.24. The fourth-order valence-electron chi connectivity index (χ4n) is 4.45. The minimum Gasteiger partial charge on any atom is -0.365 e. The summed E-state index contributed by atoms with van der Waals surface area (Å²) in [6.07, 6.45) is 0.525. The monoisotopic (exact) mass is 448 g/mol. The SMILES string of the molecule is Cc1nc(C2(CCC(=O)N3CCN(c4cc(F)cc(F)c4)[C@@H](C)C3)NC(O)NC2=O)c[nH]1. The molecule has 2 aromatic rings. The number of carbonyl (C=O) groups excluding carboxylic acids is 2. The van der Waals surface area contributed by atoms with Gasteiger partial charge in [0.25, 0.3) is 0 Å². The quantitative estimate of drug-likeness (QED) is 0.536. The fraction of sp³-hybridized carbons (Fsp3) is 0.476. The van der Waals surface area contributed by atoms with Gasteiger partial charge in [0.05, 0.1) is 5.69 Å². The molecule has 1 aromatic carbocycles. The van der Waals surface area contributed by atoms with Gasteiger partial charge in [-0.3, -0.25) is 14.9 Å². The highest BCUT2D eigenvalue weighted by Crippen LogP contribution is 2.30. The molecule has 2 amide bonds. The largest absolute Gasteiger partial charge is 0.365 e. The minimum atomic E-state index is -1.31. The molecule has 32 heavy (non-hydrogen) atoms. The predicted octanol–water partition coefficient (Wildman–Crippen LogP) is 0.704. The molecule has 2 aliphatic rings. The van der Waals surface area contributed by atoms with Crippen molar-refractivity contribution in [3.8, 4) is 0 Å².